The number of rotatable bonds is 6. The molecule has 0 saturated carbocycles. The number of fused-ring (bicyclic) bond motifs is 1. The van der Waals surface area contributed by atoms with Crippen LogP contribution in [0.1, 0.15) is 44.9 Å². The maximum absolute atomic E-state index is 6.33. The molecule has 2 rings (SSSR count). The maximum atomic E-state index is 6.33. The highest BCUT2D eigenvalue weighted by Gasteiger charge is 2.19. The Morgan fingerprint density at radius 2 is 1.85 bits per heavy atom. The van der Waals surface area contributed by atoms with E-state index in [0.717, 1.165) is 31.0 Å². The van der Waals surface area contributed by atoms with Crippen molar-refractivity contribution in [2.45, 2.75) is 39.1 Å². The fourth-order valence-electron chi connectivity index (χ4n) is 2.74. The quantitative estimate of drug-likeness (QED) is 0.743. The van der Waals surface area contributed by atoms with Crippen molar-refractivity contribution in [1.82, 2.24) is 14.5 Å². The van der Waals surface area contributed by atoms with E-state index in [1.807, 2.05) is 13.0 Å². The van der Waals surface area contributed by atoms with Gasteiger partial charge in [0.15, 0.2) is 0 Å². The Hall–Kier alpha value is -1.06. The summed E-state index contributed by atoms with van der Waals surface area (Å²) in [5, 5.41) is -0.0819. The van der Waals surface area contributed by atoms with Gasteiger partial charge in [-0.05, 0) is 39.1 Å². The summed E-state index contributed by atoms with van der Waals surface area (Å²) in [4.78, 5) is 7.14. The molecule has 0 amide bonds. The number of aromatic nitrogens is 2. The molecule has 0 aliphatic carbocycles. The van der Waals surface area contributed by atoms with Gasteiger partial charge in [-0.2, -0.15) is 0 Å². The lowest BCUT2D eigenvalue weighted by Gasteiger charge is -2.25. The summed E-state index contributed by atoms with van der Waals surface area (Å²) < 4.78 is 2.30. The first-order valence-corrected chi connectivity index (χ1v) is 7.85. The van der Waals surface area contributed by atoms with Gasteiger partial charge in [-0.15, -0.1) is 11.6 Å². The van der Waals surface area contributed by atoms with Crippen molar-refractivity contribution in [3.05, 3.63) is 30.1 Å². The number of alkyl halides is 1. The second kappa shape index (κ2) is 6.59. The first-order valence-electron chi connectivity index (χ1n) is 7.41. The second-order valence-corrected chi connectivity index (χ2v) is 5.93. The summed E-state index contributed by atoms with van der Waals surface area (Å²) in [5.41, 5.74) is 2.20. The average molecular weight is 294 g/mol. The van der Waals surface area contributed by atoms with Gasteiger partial charge in [0.05, 0.1) is 16.4 Å². The van der Waals surface area contributed by atoms with E-state index in [-0.39, 0.29) is 5.38 Å². The van der Waals surface area contributed by atoms with E-state index >= 15 is 0 Å². The Morgan fingerprint density at radius 3 is 2.45 bits per heavy atom. The predicted octanol–water partition coefficient (Wildman–Crippen LogP) is 4.24. The maximum Gasteiger partial charge on any atom is 0.128 e. The molecular weight excluding hydrogens is 270 g/mol. The van der Waals surface area contributed by atoms with Crippen LogP contribution >= 0.6 is 11.6 Å². The lowest BCUT2D eigenvalue weighted by Crippen LogP contribution is -2.30. The summed E-state index contributed by atoms with van der Waals surface area (Å²) in [6.45, 7) is 11.8. The van der Waals surface area contributed by atoms with E-state index < -0.39 is 0 Å². The lowest BCUT2D eigenvalue weighted by atomic mass is 10.2. The van der Waals surface area contributed by atoms with Gasteiger partial charge < -0.3 is 9.47 Å². The normalized spacial score (nSPS) is 14.9. The van der Waals surface area contributed by atoms with Gasteiger partial charge >= 0.3 is 0 Å². The van der Waals surface area contributed by atoms with Crippen molar-refractivity contribution >= 4 is 22.6 Å². The van der Waals surface area contributed by atoms with Crippen LogP contribution in [-0.2, 0) is 0 Å². The first-order chi connectivity index (χ1) is 9.58. The van der Waals surface area contributed by atoms with Crippen LogP contribution in [0.2, 0.25) is 0 Å². The molecule has 0 spiro atoms. The summed E-state index contributed by atoms with van der Waals surface area (Å²) >= 11 is 6.33. The molecule has 3 nitrogen and oxygen atoms in total. The molecule has 0 radical (unpaired) electrons. The van der Waals surface area contributed by atoms with Crippen LogP contribution in [0.15, 0.2) is 24.3 Å². The fourth-order valence-corrected chi connectivity index (χ4v) is 2.90. The van der Waals surface area contributed by atoms with Gasteiger partial charge in [0.2, 0.25) is 0 Å². The third-order valence-electron chi connectivity index (χ3n) is 3.84. The van der Waals surface area contributed by atoms with Gasteiger partial charge in [-0.25, -0.2) is 4.98 Å². The molecule has 0 bridgehead atoms. The number of halogens is 1. The molecule has 1 aromatic carbocycles. The molecule has 20 heavy (non-hydrogen) atoms. The van der Waals surface area contributed by atoms with E-state index in [1.54, 1.807) is 0 Å². The molecule has 0 fully saturated rings. The highest BCUT2D eigenvalue weighted by molar-refractivity contribution is 6.20. The highest BCUT2D eigenvalue weighted by atomic mass is 35.5. The number of para-hydroxylation sites is 2. The van der Waals surface area contributed by atoms with E-state index in [9.17, 15) is 0 Å². The molecule has 0 aliphatic rings. The molecule has 2 atom stereocenters. The monoisotopic (exact) mass is 293 g/mol. The van der Waals surface area contributed by atoms with Gasteiger partial charge in [-0.3, -0.25) is 0 Å². The number of likely N-dealkylation sites (N-methyl/N-ethyl adjacent to an activating group) is 1. The van der Waals surface area contributed by atoms with Crippen LogP contribution in [0.3, 0.4) is 0 Å². The van der Waals surface area contributed by atoms with E-state index in [0.29, 0.717) is 6.04 Å². The van der Waals surface area contributed by atoms with Crippen molar-refractivity contribution < 1.29 is 0 Å². The van der Waals surface area contributed by atoms with Crippen molar-refractivity contribution in [2.24, 2.45) is 0 Å². The summed E-state index contributed by atoms with van der Waals surface area (Å²) in [6, 6.07) is 8.63. The number of benzene rings is 1. The molecule has 4 heteroatoms. The molecule has 1 heterocycles. The number of imidazole rings is 1. The van der Waals surface area contributed by atoms with Crippen molar-refractivity contribution in [1.29, 1.82) is 0 Å². The van der Waals surface area contributed by atoms with Gasteiger partial charge in [-0.1, -0.05) is 26.0 Å². The SMILES string of the molecule is CCN(CC)CC(C)n1c(C(C)Cl)nc2ccccc21. The van der Waals surface area contributed by atoms with Gasteiger partial charge in [0, 0.05) is 12.6 Å². The van der Waals surface area contributed by atoms with Crippen molar-refractivity contribution in [3.63, 3.8) is 0 Å². The van der Waals surface area contributed by atoms with Crippen molar-refractivity contribution in [2.75, 3.05) is 19.6 Å². The Labute approximate surface area is 126 Å². The van der Waals surface area contributed by atoms with E-state index in [2.05, 4.69) is 48.4 Å². The molecule has 0 N–H and O–H groups in total. The molecular formula is C16H24ClN3. The minimum absolute atomic E-state index is 0.0819. The molecule has 2 aromatic rings. The van der Waals surface area contributed by atoms with Crippen LogP contribution in [0.25, 0.3) is 11.0 Å². The zero-order valence-electron chi connectivity index (χ0n) is 12.8. The Kier molecular flexibility index (Phi) is 5.06. The van der Waals surface area contributed by atoms with E-state index in [1.165, 1.54) is 5.52 Å². The van der Waals surface area contributed by atoms with Gasteiger partial charge in [0.1, 0.15) is 5.82 Å². The number of nitrogens with zero attached hydrogens (tertiary/aromatic N) is 3. The smallest absolute Gasteiger partial charge is 0.128 e. The summed E-state index contributed by atoms with van der Waals surface area (Å²) in [5.74, 6) is 0.965. The zero-order chi connectivity index (χ0) is 14.7. The standard InChI is InChI=1S/C16H24ClN3/c1-5-19(6-2)11-12(3)20-15-10-8-7-9-14(15)18-16(20)13(4)17/h7-10,12-13H,5-6,11H2,1-4H3. The Balaban J connectivity index is 2.42. The average Bonchev–Trinajstić information content (AvgIpc) is 2.84. The molecule has 0 saturated heterocycles. The largest absolute Gasteiger partial charge is 0.323 e. The summed E-state index contributed by atoms with van der Waals surface area (Å²) in [7, 11) is 0. The van der Waals surface area contributed by atoms with Gasteiger partial charge in [0.25, 0.3) is 0 Å². The lowest BCUT2D eigenvalue weighted by molar-refractivity contribution is 0.261. The fraction of sp³-hybridized carbons (Fsp3) is 0.562. The third kappa shape index (κ3) is 2.99. The minimum atomic E-state index is -0.0819. The highest BCUT2D eigenvalue weighted by Crippen LogP contribution is 2.28. The molecule has 110 valence electrons. The molecule has 1 aromatic heterocycles. The minimum Gasteiger partial charge on any atom is -0.323 e. The van der Waals surface area contributed by atoms with Crippen LogP contribution in [0, 0.1) is 0 Å². The van der Waals surface area contributed by atoms with Crippen LogP contribution in [-0.4, -0.2) is 34.1 Å². The molecule has 2 unspecified atom stereocenters. The van der Waals surface area contributed by atoms with Crippen molar-refractivity contribution in [3.8, 4) is 0 Å². The third-order valence-corrected chi connectivity index (χ3v) is 4.03. The topological polar surface area (TPSA) is 21.1 Å². The Morgan fingerprint density at radius 1 is 1.20 bits per heavy atom. The Bertz CT molecular complexity index is 558. The predicted molar refractivity (Wildman–Crippen MR) is 86.5 cm³/mol. The molecule has 0 aliphatic heterocycles. The van der Waals surface area contributed by atoms with Crippen LogP contribution in [0.5, 0.6) is 0 Å². The van der Waals surface area contributed by atoms with Crippen LogP contribution < -0.4 is 0 Å². The zero-order valence-corrected chi connectivity index (χ0v) is 13.6. The van der Waals surface area contributed by atoms with Crippen LogP contribution in [0.4, 0.5) is 0 Å². The second-order valence-electron chi connectivity index (χ2n) is 5.28. The number of hydrogen-bond acceptors (Lipinski definition) is 2. The van der Waals surface area contributed by atoms with E-state index in [4.69, 9.17) is 16.6 Å². The summed E-state index contributed by atoms with van der Waals surface area (Å²) in [6.07, 6.45) is 0. The first kappa shape index (κ1) is 15.3. The number of hydrogen-bond donors (Lipinski definition) is 0.